The van der Waals surface area contributed by atoms with Crippen LogP contribution in [0.25, 0.3) is 0 Å². The fourth-order valence-corrected chi connectivity index (χ4v) is 1.67. The Hall–Kier alpha value is -2.23. The minimum Gasteiger partial charge on any atom is -0.481 e. The van der Waals surface area contributed by atoms with Crippen LogP contribution >= 0.6 is 0 Å². The molecule has 0 fully saturated rings. The minimum absolute atomic E-state index is 0.0522. The van der Waals surface area contributed by atoms with Gasteiger partial charge in [-0.3, -0.25) is 4.79 Å². The summed E-state index contributed by atoms with van der Waals surface area (Å²) in [4.78, 5) is 10.5. The molecule has 2 aromatic rings. The van der Waals surface area contributed by atoms with Crippen LogP contribution in [0.2, 0.25) is 0 Å². The molecule has 0 aliphatic carbocycles. The van der Waals surface area contributed by atoms with Gasteiger partial charge in [-0.1, -0.05) is 6.07 Å². The van der Waals surface area contributed by atoms with Crippen LogP contribution in [0.4, 0.5) is 0 Å². The molecule has 0 aliphatic rings. The molecule has 0 aliphatic heterocycles. The van der Waals surface area contributed by atoms with Gasteiger partial charge in [0.2, 0.25) is 0 Å². The molecule has 0 bridgehead atoms. The molecule has 19 heavy (non-hydrogen) atoms. The third kappa shape index (κ3) is 3.61. The molecule has 1 aromatic carbocycles. The first-order valence-electron chi connectivity index (χ1n) is 6.10. The van der Waals surface area contributed by atoms with Crippen LogP contribution in [0, 0.1) is 13.8 Å². The molecule has 0 amide bonds. The highest BCUT2D eigenvalue weighted by Crippen LogP contribution is 2.25. The van der Waals surface area contributed by atoms with Gasteiger partial charge in [-0.05, 0) is 43.2 Å². The third-order valence-corrected chi connectivity index (χ3v) is 2.92. The Bertz CT molecular complexity index is 584. The summed E-state index contributed by atoms with van der Waals surface area (Å²) < 4.78 is 11.0. The average molecular weight is 260 g/mol. The fraction of sp³-hybridized carbons (Fsp3) is 0.267. The zero-order valence-electron chi connectivity index (χ0n) is 11.0. The van der Waals surface area contributed by atoms with E-state index in [0.29, 0.717) is 23.9 Å². The number of aryl methyl sites for hydroxylation is 3. The standard InChI is InChI=1S/C15H16O4/c1-10-3-4-13(9-11(10)2)19-15-8-6-12(18-15)5-7-14(16)17/h3-4,6,8-9H,5,7H2,1-2H3,(H,16,17). The minimum atomic E-state index is -0.840. The maximum Gasteiger partial charge on any atom is 0.303 e. The van der Waals surface area contributed by atoms with Crippen LogP contribution in [0.5, 0.6) is 11.7 Å². The summed E-state index contributed by atoms with van der Waals surface area (Å²) in [6, 6.07) is 9.24. The topological polar surface area (TPSA) is 59.7 Å². The Kier molecular flexibility index (Phi) is 3.90. The molecule has 1 N–H and O–H groups in total. The monoisotopic (exact) mass is 260 g/mol. The SMILES string of the molecule is Cc1ccc(Oc2ccc(CCC(=O)O)o2)cc1C. The molecule has 0 saturated carbocycles. The summed E-state index contributed by atoms with van der Waals surface area (Å²) in [5.41, 5.74) is 2.35. The van der Waals surface area contributed by atoms with Crippen molar-refractivity contribution in [2.24, 2.45) is 0 Å². The van der Waals surface area contributed by atoms with Crippen LogP contribution in [-0.4, -0.2) is 11.1 Å². The first kappa shape index (κ1) is 13.2. The number of hydrogen-bond donors (Lipinski definition) is 1. The number of carboxylic acids is 1. The van der Waals surface area contributed by atoms with E-state index >= 15 is 0 Å². The molecule has 4 nitrogen and oxygen atoms in total. The lowest BCUT2D eigenvalue weighted by molar-refractivity contribution is -0.137. The summed E-state index contributed by atoms with van der Waals surface area (Å²) >= 11 is 0. The molecule has 0 atom stereocenters. The van der Waals surface area contributed by atoms with Crippen molar-refractivity contribution in [2.45, 2.75) is 26.7 Å². The highest BCUT2D eigenvalue weighted by atomic mass is 16.6. The van der Waals surface area contributed by atoms with Crippen LogP contribution in [0.1, 0.15) is 23.3 Å². The van der Waals surface area contributed by atoms with E-state index in [1.54, 1.807) is 12.1 Å². The Balaban J connectivity index is 2.02. The van der Waals surface area contributed by atoms with E-state index in [-0.39, 0.29) is 6.42 Å². The number of aliphatic carboxylic acids is 1. The van der Waals surface area contributed by atoms with E-state index in [0.717, 1.165) is 5.56 Å². The number of hydrogen-bond acceptors (Lipinski definition) is 3. The predicted molar refractivity (Wildman–Crippen MR) is 70.7 cm³/mol. The average Bonchev–Trinajstić information content (AvgIpc) is 2.79. The first-order chi connectivity index (χ1) is 9.04. The molecule has 100 valence electrons. The second-order valence-corrected chi connectivity index (χ2v) is 4.46. The second kappa shape index (κ2) is 5.61. The van der Waals surface area contributed by atoms with Crippen LogP contribution in [0.15, 0.2) is 34.7 Å². The number of carbonyl (C=O) groups is 1. The molecule has 1 heterocycles. The number of carboxylic acid groups (broad SMARTS) is 1. The normalized spacial score (nSPS) is 10.4. The summed E-state index contributed by atoms with van der Waals surface area (Å²) in [6.45, 7) is 4.05. The van der Waals surface area contributed by atoms with E-state index in [1.807, 2.05) is 32.0 Å². The Morgan fingerprint density at radius 2 is 2.00 bits per heavy atom. The Labute approximate surface area is 111 Å². The molecule has 4 heteroatoms. The molecule has 1 aromatic heterocycles. The van der Waals surface area contributed by atoms with Crippen LogP contribution in [0.3, 0.4) is 0 Å². The number of furan rings is 1. The van der Waals surface area contributed by atoms with E-state index in [2.05, 4.69) is 0 Å². The van der Waals surface area contributed by atoms with Gasteiger partial charge in [-0.25, -0.2) is 0 Å². The molecule has 0 saturated heterocycles. The van der Waals surface area contributed by atoms with Crippen molar-refractivity contribution in [3.8, 4) is 11.7 Å². The van der Waals surface area contributed by atoms with Crippen LogP contribution in [-0.2, 0) is 11.2 Å². The number of benzene rings is 1. The van der Waals surface area contributed by atoms with Gasteiger partial charge in [0, 0.05) is 12.5 Å². The largest absolute Gasteiger partial charge is 0.481 e. The lowest BCUT2D eigenvalue weighted by atomic mass is 10.1. The van der Waals surface area contributed by atoms with Crippen molar-refractivity contribution in [3.63, 3.8) is 0 Å². The molecular formula is C15H16O4. The zero-order valence-corrected chi connectivity index (χ0v) is 11.0. The van der Waals surface area contributed by atoms with Crippen molar-refractivity contribution in [1.29, 1.82) is 0 Å². The lowest BCUT2D eigenvalue weighted by Crippen LogP contribution is -1.96. The highest BCUT2D eigenvalue weighted by molar-refractivity contribution is 5.66. The molecule has 0 unspecified atom stereocenters. The van der Waals surface area contributed by atoms with Gasteiger partial charge < -0.3 is 14.3 Å². The van der Waals surface area contributed by atoms with E-state index in [1.165, 1.54) is 5.56 Å². The smallest absolute Gasteiger partial charge is 0.303 e. The van der Waals surface area contributed by atoms with Gasteiger partial charge in [0.05, 0.1) is 6.42 Å². The molecule has 0 spiro atoms. The molecular weight excluding hydrogens is 244 g/mol. The lowest BCUT2D eigenvalue weighted by Gasteiger charge is -2.05. The maximum atomic E-state index is 10.5. The maximum absolute atomic E-state index is 10.5. The summed E-state index contributed by atoms with van der Waals surface area (Å²) in [5.74, 6) is 0.861. The van der Waals surface area contributed by atoms with Crippen molar-refractivity contribution < 1.29 is 19.1 Å². The Morgan fingerprint density at radius 3 is 2.68 bits per heavy atom. The zero-order chi connectivity index (χ0) is 13.8. The van der Waals surface area contributed by atoms with Gasteiger partial charge in [0.25, 0.3) is 5.95 Å². The van der Waals surface area contributed by atoms with Crippen molar-refractivity contribution in [2.75, 3.05) is 0 Å². The van der Waals surface area contributed by atoms with Crippen LogP contribution < -0.4 is 4.74 Å². The van der Waals surface area contributed by atoms with Gasteiger partial charge in [-0.15, -0.1) is 0 Å². The first-order valence-corrected chi connectivity index (χ1v) is 6.10. The summed E-state index contributed by atoms with van der Waals surface area (Å²) in [7, 11) is 0. The van der Waals surface area contributed by atoms with Crippen molar-refractivity contribution >= 4 is 5.97 Å². The van der Waals surface area contributed by atoms with Crippen molar-refractivity contribution in [1.82, 2.24) is 0 Å². The Morgan fingerprint density at radius 1 is 1.21 bits per heavy atom. The summed E-state index contributed by atoms with van der Waals surface area (Å²) in [5, 5.41) is 8.60. The molecule has 2 rings (SSSR count). The number of ether oxygens (including phenoxy) is 1. The van der Waals surface area contributed by atoms with Gasteiger partial charge in [0.1, 0.15) is 11.5 Å². The number of rotatable bonds is 5. The summed E-state index contributed by atoms with van der Waals surface area (Å²) in [6.07, 6.45) is 0.419. The predicted octanol–water partition coefficient (Wildman–Crippen LogP) is 3.71. The van der Waals surface area contributed by atoms with E-state index in [9.17, 15) is 4.79 Å². The van der Waals surface area contributed by atoms with Gasteiger partial charge in [-0.2, -0.15) is 0 Å². The van der Waals surface area contributed by atoms with Crippen molar-refractivity contribution in [3.05, 3.63) is 47.2 Å². The van der Waals surface area contributed by atoms with E-state index in [4.69, 9.17) is 14.3 Å². The van der Waals surface area contributed by atoms with E-state index < -0.39 is 5.97 Å². The quantitative estimate of drug-likeness (QED) is 0.890. The third-order valence-electron chi connectivity index (χ3n) is 2.92. The fourth-order valence-electron chi connectivity index (χ4n) is 1.67. The van der Waals surface area contributed by atoms with Gasteiger partial charge >= 0.3 is 5.97 Å². The highest BCUT2D eigenvalue weighted by Gasteiger charge is 2.07. The molecule has 0 radical (unpaired) electrons. The second-order valence-electron chi connectivity index (χ2n) is 4.46. The van der Waals surface area contributed by atoms with Gasteiger partial charge in [0.15, 0.2) is 0 Å².